The standard InChI is InChI=1S/C22H18B2S/c1-15-3-7-17(8-4-15)23-13-11-19-20-12-14-24(22(20)25-21(19)23)18-9-5-16(2)6-10-18/h3-14H,1-2H3. The highest BCUT2D eigenvalue weighted by molar-refractivity contribution is 7.36. The molecule has 0 saturated carbocycles. The molecule has 3 heteroatoms. The monoisotopic (exact) mass is 336 g/mol. The van der Waals surface area contributed by atoms with Crippen molar-refractivity contribution in [3.05, 3.63) is 82.7 Å². The van der Waals surface area contributed by atoms with Crippen molar-refractivity contribution in [1.29, 1.82) is 0 Å². The predicted octanol–water partition coefficient (Wildman–Crippen LogP) is 2.71. The van der Waals surface area contributed by atoms with Crippen molar-refractivity contribution in [2.75, 3.05) is 0 Å². The molecule has 5 rings (SSSR count). The third-order valence-corrected chi connectivity index (χ3v) is 6.78. The Morgan fingerprint density at radius 3 is 1.40 bits per heavy atom. The molecule has 0 unspecified atom stereocenters. The number of benzene rings is 2. The summed E-state index contributed by atoms with van der Waals surface area (Å²) < 4.78 is 3.02. The minimum atomic E-state index is 0.415. The summed E-state index contributed by atoms with van der Waals surface area (Å²) in [6, 6.07) is 18.0. The van der Waals surface area contributed by atoms with Gasteiger partial charge in [-0.2, -0.15) is 11.3 Å². The number of hydrogen-bond donors (Lipinski definition) is 0. The number of hydrogen-bond acceptors (Lipinski definition) is 1. The fourth-order valence-corrected chi connectivity index (χ4v) is 5.43. The zero-order chi connectivity index (χ0) is 17.0. The summed E-state index contributed by atoms with van der Waals surface area (Å²) in [5.74, 6) is 4.72. The summed E-state index contributed by atoms with van der Waals surface area (Å²) in [6.07, 6.45) is 4.66. The molecule has 0 amide bonds. The zero-order valence-corrected chi connectivity index (χ0v) is 15.3. The maximum atomic E-state index is 2.36. The summed E-state index contributed by atoms with van der Waals surface area (Å²) in [7, 11) is 0. The van der Waals surface area contributed by atoms with Crippen LogP contribution in [-0.4, -0.2) is 13.4 Å². The molecule has 0 fully saturated rings. The molecule has 25 heavy (non-hydrogen) atoms. The fraction of sp³-hybridized carbons (Fsp3) is 0.0909. The first-order chi connectivity index (χ1) is 12.2. The molecule has 2 aliphatic rings. The van der Waals surface area contributed by atoms with Crippen molar-refractivity contribution in [2.24, 2.45) is 0 Å². The molecule has 0 nitrogen and oxygen atoms in total. The van der Waals surface area contributed by atoms with E-state index in [0.717, 1.165) is 0 Å². The van der Waals surface area contributed by atoms with Crippen LogP contribution in [0.15, 0.2) is 60.5 Å². The van der Waals surface area contributed by atoms with Gasteiger partial charge in [0.2, 0.25) is 13.4 Å². The Labute approximate surface area is 154 Å². The van der Waals surface area contributed by atoms with Crippen LogP contribution in [0.3, 0.4) is 0 Å². The van der Waals surface area contributed by atoms with Crippen molar-refractivity contribution in [3.63, 3.8) is 0 Å². The van der Waals surface area contributed by atoms with Gasteiger partial charge in [0.05, 0.1) is 0 Å². The lowest BCUT2D eigenvalue weighted by Gasteiger charge is -2.08. The molecule has 2 aliphatic heterocycles. The SMILES string of the molecule is Cc1ccc(B2C=Cc3c2sc2c3C=CB2c2ccc(C)cc2)cc1. The van der Waals surface area contributed by atoms with E-state index in [4.69, 9.17) is 0 Å². The maximum absolute atomic E-state index is 2.36. The molecule has 2 aromatic carbocycles. The Balaban J connectivity index is 1.55. The quantitative estimate of drug-likeness (QED) is 0.632. The molecule has 0 aliphatic carbocycles. The van der Waals surface area contributed by atoms with E-state index in [2.05, 4.69) is 86.5 Å². The highest BCUT2D eigenvalue weighted by atomic mass is 32.1. The topological polar surface area (TPSA) is 0 Å². The van der Waals surface area contributed by atoms with Crippen LogP contribution in [0.5, 0.6) is 0 Å². The van der Waals surface area contributed by atoms with Gasteiger partial charge in [-0.3, -0.25) is 0 Å². The second kappa shape index (κ2) is 5.64. The third kappa shape index (κ3) is 2.38. The largest absolute Gasteiger partial charge is 0.247 e. The lowest BCUT2D eigenvalue weighted by Crippen LogP contribution is -2.40. The Morgan fingerprint density at radius 1 is 0.600 bits per heavy atom. The van der Waals surface area contributed by atoms with Gasteiger partial charge in [-0.1, -0.05) is 82.7 Å². The first-order valence-electron chi connectivity index (χ1n) is 8.87. The van der Waals surface area contributed by atoms with Crippen LogP contribution in [0, 0.1) is 13.8 Å². The molecule has 0 atom stereocenters. The van der Waals surface area contributed by atoms with Crippen LogP contribution in [0.4, 0.5) is 0 Å². The molecule has 0 spiro atoms. The summed E-state index contributed by atoms with van der Waals surface area (Å²) >= 11 is 2.00. The van der Waals surface area contributed by atoms with Gasteiger partial charge >= 0.3 is 0 Å². The van der Waals surface area contributed by atoms with Crippen LogP contribution in [0.2, 0.25) is 0 Å². The normalized spacial score (nSPS) is 14.3. The minimum absolute atomic E-state index is 0.415. The second-order valence-corrected chi connectivity index (χ2v) is 8.24. The zero-order valence-electron chi connectivity index (χ0n) is 14.5. The Bertz CT molecular complexity index is 925. The summed E-state index contributed by atoms with van der Waals surface area (Å²) in [6.45, 7) is 5.13. The third-order valence-electron chi connectivity index (χ3n) is 5.39. The molecular weight excluding hydrogens is 318 g/mol. The smallest absolute Gasteiger partial charge is 0.162 e. The molecule has 0 radical (unpaired) electrons. The Morgan fingerprint density at radius 2 is 1.00 bits per heavy atom. The highest BCUT2D eigenvalue weighted by Crippen LogP contribution is 2.25. The van der Waals surface area contributed by atoms with Crippen molar-refractivity contribution in [2.45, 2.75) is 13.8 Å². The van der Waals surface area contributed by atoms with Crippen molar-refractivity contribution < 1.29 is 0 Å². The van der Waals surface area contributed by atoms with Crippen molar-refractivity contribution in [1.82, 2.24) is 0 Å². The lowest BCUT2D eigenvalue weighted by atomic mass is 9.45. The van der Waals surface area contributed by atoms with E-state index in [1.165, 1.54) is 42.7 Å². The van der Waals surface area contributed by atoms with E-state index in [9.17, 15) is 0 Å². The lowest BCUT2D eigenvalue weighted by molar-refractivity contribution is 1.49. The fourth-order valence-electron chi connectivity index (χ4n) is 3.93. The summed E-state index contributed by atoms with van der Waals surface area (Å²) in [5, 5.41) is 0. The van der Waals surface area contributed by atoms with Crippen LogP contribution in [-0.2, 0) is 0 Å². The van der Waals surface area contributed by atoms with Gasteiger partial charge in [-0.05, 0) is 34.5 Å². The first-order valence-corrected chi connectivity index (χ1v) is 9.68. The van der Waals surface area contributed by atoms with Gasteiger partial charge in [0.1, 0.15) is 0 Å². The van der Waals surface area contributed by atoms with Crippen molar-refractivity contribution >= 4 is 57.4 Å². The second-order valence-electron chi connectivity index (χ2n) is 7.15. The molecule has 3 aromatic rings. The van der Waals surface area contributed by atoms with E-state index in [1.807, 2.05) is 11.3 Å². The van der Waals surface area contributed by atoms with Gasteiger partial charge in [0, 0.05) is 0 Å². The predicted molar refractivity (Wildman–Crippen MR) is 115 cm³/mol. The average Bonchev–Trinajstić information content (AvgIpc) is 3.28. The molecule has 1 aromatic heterocycles. The van der Waals surface area contributed by atoms with Crippen LogP contribution < -0.4 is 20.5 Å². The maximum Gasteiger partial charge on any atom is 0.247 e. The van der Waals surface area contributed by atoms with Crippen LogP contribution >= 0.6 is 11.3 Å². The number of fused-ring (bicyclic) bond motifs is 3. The van der Waals surface area contributed by atoms with Gasteiger partial charge < -0.3 is 0 Å². The minimum Gasteiger partial charge on any atom is -0.162 e. The summed E-state index contributed by atoms with van der Waals surface area (Å²) in [5.41, 5.74) is 8.32. The van der Waals surface area contributed by atoms with E-state index in [0.29, 0.717) is 13.4 Å². The molecule has 3 heterocycles. The van der Waals surface area contributed by atoms with Gasteiger partial charge in [0.15, 0.2) is 0 Å². The number of aryl methyl sites for hydroxylation is 2. The molecule has 0 saturated heterocycles. The first kappa shape index (κ1) is 15.0. The van der Waals surface area contributed by atoms with Crippen molar-refractivity contribution in [3.8, 4) is 0 Å². The average molecular weight is 336 g/mol. The van der Waals surface area contributed by atoms with Gasteiger partial charge in [-0.15, -0.1) is 12.0 Å². The molecular formula is C22H18B2S. The van der Waals surface area contributed by atoms with E-state index in [-0.39, 0.29) is 0 Å². The van der Waals surface area contributed by atoms with Crippen LogP contribution in [0.1, 0.15) is 22.3 Å². The molecule has 0 N–H and O–H groups in total. The molecule has 118 valence electrons. The molecule has 0 bridgehead atoms. The summed E-state index contributed by atoms with van der Waals surface area (Å²) in [4.78, 5) is 0. The van der Waals surface area contributed by atoms with E-state index in [1.54, 1.807) is 0 Å². The van der Waals surface area contributed by atoms with E-state index < -0.39 is 0 Å². The van der Waals surface area contributed by atoms with Crippen LogP contribution in [0.25, 0.3) is 12.2 Å². The highest BCUT2D eigenvalue weighted by Gasteiger charge is 2.34. The Hall–Kier alpha value is -2.25. The van der Waals surface area contributed by atoms with Gasteiger partial charge in [-0.25, -0.2) is 0 Å². The Kier molecular flexibility index (Phi) is 3.39. The number of rotatable bonds is 2. The van der Waals surface area contributed by atoms with Gasteiger partial charge in [0.25, 0.3) is 0 Å². The number of thiophene rings is 1. The van der Waals surface area contributed by atoms with E-state index >= 15 is 0 Å².